The Morgan fingerprint density at radius 2 is 2.19 bits per heavy atom. The van der Waals surface area contributed by atoms with Crippen molar-refractivity contribution >= 4 is 5.82 Å². The van der Waals surface area contributed by atoms with Gasteiger partial charge in [0.1, 0.15) is 5.82 Å². The van der Waals surface area contributed by atoms with Gasteiger partial charge in [-0.2, -0.15) is 5.10 Å². The summed E-state index contributed by atoms with van der Waals surface area (Å²) in [5.41, 5.74) is 0. The van der Waals surface area contributed by atoms with Crippen LogP contribution in [0.15, 0.2) is 12.3 Å². The molecule has 1 heterocycles. The van der Waals surface area contributed by atoms with E-state index in [0.717, 1.165) is 25.4 Å². The number of methoxy groups -OCH3 is 1. The number of nitrogens with zero attached hydrogens (tertiary/aromatic N) is 2. The molecule has 0 amide bonds. The van der Waals surface area contributed by atoms with Crippen molar-refractivity contribution in [3.63, 3.8) is 0 Å². The number of nitrogens with one attached hydrogen (secondary N) is 1. The average molecular weight is 225 g/mol. The molecule has 1 aromatic rings. The highest BCUT2D eigenvalue weighted by Crippen LogP contribution is 2.11. The van der Waals surface area contributed by atoms with E-state index in [2.05, 4.69) is 31.2 Å². The first-order chi connectivity index (χ1) is 7.63. The third-order valence-corrected chi connectivity index (χ3v) is 2.40. The van der Waals surface area contributed by atoms with Crippen LogP contribution in [0.3, 0.4) is 0 Å². The summed E-state index contributed by atoms with van der Waals surface area (Å²) in [6.45, 7) is 8.28. The van der Waals surface area contributed by atoms with E-state index in [0.29, 0.717) is 12.0 Å². The van der Waals surface area contributed by atoms with Crippen molar-refractivity contribution < 1.29 is 4.74 Å². The van der Waals surface area contributed by atoms with Gasteiger partial charge >= 0.3 is 0 Å². The second kappa shape index (κ2) is 6.53. The molecule has 0 aliphatic rings. The highest BCUT2D eigenvalue weighted by molar-refractivity contribution is 5.34. The lowest BCUT2D eigenvalue weighted by atomic mass is 10.2. The van der Waals surface area contributed by atoms with Gasteiger partial charge in [-0.05, 0) is 19.3 Å². The van der Waals surface area contributed by atoms with Crippen molar-refractivity contribution in [3.8, 4) is 0 Å². The van der Waals surface area contributed by atoms with Crippen LogP contribution >= 0.6 is 0 Å². The number of rotatable bonds is 7. The van der Waals surface area contributed by atoms with Gasteiger partial charge in [-0.15, -0.1) is 0 Å². The van der Waals surface area contributed by atoms with Crippen LogP contribution in [0, 0.1) is 5.92 Å². The Morgan fingerprint density at radius 3 is 2.81 bits per heavy atom. The molecular weight excluding hydrogens is 202 g/mol. The second-order valence-electron chi connectivity index (χ2n) is 4.62. The molecule has 1 aromatic heterocycles. The molecule has 1 rings (SSSR count). The van der Waals surface area contributed by atoms with Crippen LogP contribution in [0.5, 0.6) is 0 Å². The highest BCUT2D eigenvalue weighted by Gasteiger charge is 2.07. The van der Waals surface area contributed by atoms with E-state index >= 15 is 0 Å². The summed E-state index contributed by atoms with van der Waals surface area (Å²) in [6, 6.07) is 2.42. The van der Waals surface area contributed by atoms with Gasteiger partial charge in [0.15, 0.2) is 0 Å². The molecule has 92 valence electrons. The average Bonchev–Trinajstić information content (AvgIpc) is 2.62. The Morgan fingerprint density at radius 1 is 1.44 bits per heavy atom. The molecule has 0 bridgehead atoms. The lowest BCUT2D eigenvalue weighted by molar-refractivity contribution is 0.191. The van der Waals surface area contributed by atoms with Crippen molar-refractivity contribution in [2.75, 3.05) is 19.0 Å². The minimum atomic E-state index is 0.405. The molecule has 0 aliphatic heterocycles. The molecule has 1 atom stereocenters. The van der Waals surface area contributed by atoms with Gasteiger partial charge in [-0.3, -0.25) is 0 Å². The van der Waals surface area contributed by atoms with Crippen molar-refractivity contribution in [3.05, 3.63) is 12.3 Å². The van der Waals surface area contributed by atoms with E-state index in [4.69, 9.17) is 4.74 Å². The standard InChI is InChI=1S/C12H23N3O/c1-10(2)9-15-12(5-7-13-15)14-11(3)6-8-16-4/h5,7,10-11,14H,6,8-9H2,1-4H3. The maximum atomic E-state index is 5.06. The molecule has 1 unspecified atom stereocenters. The highest BCUT2D eigenvalue weighted by atomic mass is 16.5. The van der Waals surface area contributed by atoms with Crippen LogP contribution in [0.2, 0.25) is 0 Å². The maximum absolute atomic E-state index is 5.06. The first-order valence-electron chi connectivity index (χ1n) is 5.90. The molecule has 16 heavy (non-hydrogen) atoms. The van der Waals surface area contributed by atoms with Gasteiger partial charge < -0.3 is 10.1 Å². The van der Waals surface area contributed by atoms with Crippen LogP contribution in [0.1, 0.15) is 27.2 Å². The lowest BCUT2D eigenvalue weighted by Gasteiger charge is -2.16. The van der Waals surface area contributed by atoms with Gasteiger partial charge in [-0.1, -0.05) is 13.8 Å². The molecule has 0 radical (unpaired) electrons. The molecule has 0 aromatic carbocycles. The molecule has 4 nitrogen and oxygen atoms in total. The van der Waals surface area contributed by atoms with Crippen LogP contribution < -0.4 is 5.32 Å². The zero-order chi connectivity index (χ0) is 12.0. The fourth-order valence-electron chi connectivity index (χ4n) is 1.57. The lowest BCUT2D eigenvalue weighted by Crippen LogP contribution is -2.20. The van der Waals surface area contributed by atoms with Crippen LogP contribution in [-0.2, 0) is 11.3 Å². The maximum Gasteiger partial charge on any atom is 0.124 e. The monoisotopic (exact) mass is 225 g/mol. The van der Waals surface area contributed by atoms with Gasteiger partial charge in [-0.25, -0.2) is 4.68 Å². The second-order valence-corrected chi connectivity index (χ2v) is 4.62. The topological polar surface area (TPSA) is 39.1 Å². The molecule has 4 heteroatoms. The summed E-state index contributed by atoms with van der Waals surface area (Å²) in [4.78, 5) is 0. The minimum absolute atomic E-state index is 0.405. The molecule has 0 aliphatic carbocycles. The van der Waals surface area contributed by atoms with Crippen LogP contribution in [0.4, 0.5) is 5.82 Å². The number of hydrogen-bond donors (Lipinski definition) is 1. The van der Waals surface area contributed by atoms with E-state index in [1.807, 2.05) is 16.9 Å². The van der Waals surface area contributed by atoms with Gasteiger partial charge in [0.05, 0.1) is 6.20 Å². The van der Waals surface area contributed by atoms with Crippen molar-refractivity contribution in [1.29, 1.82) is 0 Å². The quantitative estimate of drug-likeness (QED) is 0.774. The number of ether oxygens (including phenoxy) is 1. The number of hydrogen-bond acceptors (Lipinski definition) is 3. The van der Waals surface area contributed by atoms with Gasteiger partial charge in [0.25, 0.3) is 0 Å². The van der Waals surface area contributed by atoms with E-state index in [9.17, 15) is 0 Å². The van der Waals surface area contributed by atoms with E-state index < -0.39 is 0 Å². The van der Waals surface area contributed by atoms with E-state index in [1.165, 1.54) is 0 Å². The minimum Gasteiger partial charge on any atom is -0.385 e. The zero-order valence-electron chi connectivity index (χ0n) is 10.7. The Hall–Kier alpha value is -1.03. The van der Waals surface area contributed by atoms with Crippen molar-refractivity contribution in [2.45, 2.75) is 39.8 Å². The smallest absolute Gasteiger partial charge is 0.124 e. The Labute approximate surface area is 98.0 Å². The number of aromatic nitrogens is 2. The largest absolute Gasteiger partial charge is 0.385 e. The Balaban J connectivity index is 2.49. The van der Waals surface area contributed by atoms with Gasteiger partial charge in [0, 0.05) is 32.4 Å². The van der Waals surface area contributed by atoms with Crippen LogP contribution in [-0.4, -0.2) is 29.5 Å². The first-order valence-corrected chi connectivity index (χ1v) is 5.90. The molecular formula is C12H23N3O. The summed E-state index contributed by atoms with van der Waals surface area (Å²) in [5.74, 6) is 1.70. The summed E-state index contributed by atoms with van der Waals surface area (Å²) in [5, 5.41) is 7.76. The summed E-state index contributed by atoms with van der Waals surface area (Å²) < 4.78 is 7.09. The molecule has 0 saturated carbocycles. The molecule has 0 spiro atoms. The predicted molar refractivity (Wildman–Crippen MR) is 66.6 cm³/mol. The molecule has 1 N–H and O–H groups in total. The zero-order valence-corrected chi connectivity index (χ0v) is 10.7. The summed E-state index contributed by atoms with van der Waals surface area (Å²) in [7, 11) is 1.73. The third kappa shape index (κ3) is 4.23. The number of anilines is 1. The predicted octanol–water partition coefficient (Wildman–Crippen LogP) is 2.38. The SMILES string of the molecule is COCCC(C)Nc1ccnn1CC(C)C. The Kier molecular flexibility index (Phi) is 5.32. The first kappa shape index (κ1) is 13.0. The summed E-state index contributed by atoms with van der Waals surface area (Å²) in [6.07, 6.45) is 2.84. The van der Waals surface area contributed by atoms with Gasteiger partial charge in [0.2, 0.25) is 0 Å². The van der Waals surface area contributed by atoms with Crippen LogP contribution in [0.25, 0.3) is 0 Å². The van der Waals surface area contributed by atoms with E-state index in [-0.39, 0.29) is 0 Å². The fourth-order valence-corrected chi connectivity index (χ4v) is 1.57. The van der Waals surface area contributed by atoms with Crippen molar-refractivity contribution in [1.82, 2.24) is 9.78 Å². The fraction of sp³-hybridized carbons (Fsp3) is 0.750. The normalized spacial score (nSPS) is 13.1. The van der Waals surface area contributed by atoms with Crippen molar-refractivity contribution in [2.24, 2.45) is 5.92 Å². The van der Waals surface area contributed by atoms with E-state index in [1.54, 1.807) is 7.11 Å². The Bertz CT molecular complexity index is 296. The molecule has 0 saturated heterocycles. The molecule has 0 fully saturated rings. The third-order valence-electron chi connectivity index (χ3n) is 2.40. The summed E-state index contributed by atoms with van der Waals surface area (Å²) >= 11 is 0.